The van der Waals surface area contributed by atoms with Crippen molar-refractivity contribution in [2.45, 2.75) is 44.8 Å². The minimum atomic E-state index is -0.592. The molecule has 3 heteroatoms. The van der Waals surface area contributed by atoms with E-state index < -0.39 is 6.10 Å². The second-order valence-electron chi connectivity index (χ2n) is 4.85. The molecule has 0 spiro atoms. The number of hydrogen-bond acceptors (Lipinski definition) is 3. The van der Waals surface area contributed by atoms with E-state index in [1.807, 2.05) is 0 Å². The minimum Gasteiger partial charge on any atom is -0.491 e. The van der Waals surface area contributed by atoms with Gasteiger partial charge in [0.25, 0.3) is 0 Å². The maximum Gasteiger partial charge on any atom is 0.116 e. The first-order chi connectivity index (χ1) is 8.11. The molecule has 0 aliphatic heterocycles. The molecule has 0 aromatic rings. The standard InChI is InChI=1S/C14H24O3/c1-4-12(3)16-9-13(15)10-17-14-7-5-11(2)6-8-14/h4,11,13-15H,1,3,5-10H2,2H3. The first-order valence-corrected chi connectivity index (χ1v) is 6.35. The van der Waals surface area contributed by atoms with Crippen LogP contribution in [0, 0.1) is 5.92 Å². The van der Waals surface area contributed by atoms with Crippen molar-refractivity contribution in [1.29, 1.82) is 0 Å². The fourth-order valence-corrected chi connectivity index (χ4v) is 1.95. The highest BCUT2D eigenvalue weighted by Crippen LogP contribution is 2.25. The molecule has 1 rings (SSSR count). The van der Waals surface area contributed by atoms with Gasteiger partial charge in [-0.05, 0) is 37.7 Å². The van der Waals surface area contributed by atoms with E-state index in [2.05, 4.69) is 20.1 Å². The highest BCUT2D eigenvalue weighted by atomic mass is 16.5. The van der Waals surface area contributed by atoms with Crippen LogP contribution in [0.2, 0.25) is 0 Å². The molecule has 1 unspecified atom stereocenters. The Morgan fingerprint density at radius 3 is 2.59 bits per heavy atom. The molecule has 1 atom stereocenters. The van der Waals surface area contributed by atoms with Gasteiger partial charge in [0.15, 0.2) is 0 Å². The molecule has 1 aliphatic rings. The topological polar surface area (TPSA) is 38.7 Å². The molecule has 0 bridgehead atoms. The first-order valence-electron chi connectivity index (χ1n) is 6.35. The Morgan fingerprint density at radius 2 is 2.00 bits per heavy atom. The molecule has 3 nitrogen and oxygen atoms in total. The van der Waals surface area contributed by atoms with Crippen molar-refractivity contribution < 1.29 is 14.6 Å². The zero-order chi connectivity index (χ0) is 12.7. The van der Waals surface area contributed by atoms with Crippen LogP contribution >= 0.6 is 0 Å². The Balaban J connectivity index is 2.09. The molecule has 0 amide bonds. The van der Waals surface area contributed by atoms with Gasteiger partial charge in [0.05, 0.1) is 12.7 Å². The van der Waals surface area contributed by atoms with E-state index in [9.17, 15) is 5.11 Å². The van der Waals surface area contributed by atoms with Crippen LogP contribution in [0.3, 0.4) is 0 Å². The summed E-state index contributed by atoms with van der Waals surface area (Å²) >= 11 is 0. The second kappa shape index (κ2) is 7.51. The zero-order valence-corrected chi connectivity index (χ0v) is 10.7. The fourth-order valence-electron chi connectivity index (χ4n) is 1.95. The molecule has 1 saturated carbocycles. The minimum absolute atomic E-state index is 0.216. The van der Waals surface area contributed by atoms with Gasteiger partial charge in [-0.15, -0.1) is 0 Å². The third-order valence-electron chi connectivity index (χ3n) is 3.18. The molecule has 1 aliphatic carbocycles. The van der Waals surface area contributed by atoms with E-state index in [4.69, 9.17) is 9.47 Å². The molecular formula is C14H24O3. The molecule has 0 aromatic heterocycles. The molecule has 0 saturated heterocycles. The lowest BCUT2D eigenvalue weighted by Crippen LogP contribution is -2.27. The molecule has 0 aromatic carbocycles. The molecule has 17 heavy (non-hydrogen) atoms. The van der Waals surface area contributed by atoms with Crippen molar-refractivity contribution in [2.24, 2.45) is 5.92 Å². The van der Waals surface area contributed by atoms with Gasteiger partial charge in [0, 0.05) is 0 Å². The summed E-state index contributed by atoms with van der Waals surface area (Å²) in [5.74, 6) is 1.30. The largest absolute Gasteiger partial charge is 0.491 e. The maximum absolute atomic E-state index is 9.65. The Hall–Kier alpha value is -0.800. The highest BCUT2D eigenvalue weighted by molar-refractivity contribution is 5.01. The average Bonchev–Trinajstić information content (AvgIpc) is 2.35. The Bertz CT molecular complexity index is 242. The molecular weight excluding hydrogens is 216 g/mol. The lowest BCUT2D eigenvalue weighted by atomic mass is 9.89. The predicted octanol–water partition coefficient (Wildman–Crippen LogP) is 2.66. The van der Waals surface area contributed by atoms with Gasteiger partial charge in [0.2, 0.25) is 0 Å². The third-order valence-corrected chi connectivity index (χ3v) is 3.18. The van der Waals surface area contributed by atoms with Crippen molar-refractivity contribution in [2.75, 3.05) is 13.2 Å². The molecule has 1 N–H and O–H groups in total. The van der Waals surface area contributed by atoms with Crippen molar-refractivity contribution in [3.05, 3.63) is 25.0 Å². The second-order valence-corrected chi connectivity index (χ2v) is 4.85. The number of allylic oxidation sites excluding steroid dienone is 1. The smallest absolute Gasteiger partial charge is 0.116 e. The summed E-state index contributed by atoms with van der Waals surface area (Å²) in [5.41, 5.74) is 0. The van der Waals surface area contributed by atoms with E-state index in [1.165, 1.54) is 18.9 Å². The third kappa shape index (κ3) is 5.89. The van der Waals surface area contributed by atoms with Crippen molar-refractivity contribution >= 4 is 0 Å². The summed E-state index contributed by atoms with van der Waals surface area (Å²) < 4.78 is 10.8. The van der Waals surface area contributed by atoms with Crippen LogP contribution in [0.4, 0.5) is 0 Å². The Morgan fingerprint density at radius 1 is 1.35 bits per heavy atom. The lowest BCUT2D eigenvalue weighted by molar-refractivity contribution is -0.0467. The van der Waals surface area contributed by atoms with Gasteiger partial charge in [0.1, 0.15) is 18.5 Å². The number of ether oxygens (including phenoxy) is 2. The summed E-state index contributed by atoms with van der Waals surface area (Å²) in [4.78, 5) is 0. The highest BCUT2D eigenvalue weighted by Gasteiger charge is 2.19. The Kier molecular flexibility index (Phi) is 6.30. The van der Waals surface area contributed by atoms with Gasteiger partial charge < -0.3 is 14.6 Å². The summed E-state index contributed by atoms with van der Waals surface area (Å²) in [6, 6.07) is 0. The van der Waals surface area contributed by atoms with Crippen LogP contribution in [-0.2, 0) is 9.47 Å². The van der Waals surface area contributed by atoms with E-state index in [-0.39, 0.29) is 6.61 Å². The molecule has 98 valence electrons. The maximum atomic E-state index is 9.65. The van der Waals surface area contributed by atoms with Crippen LogP contribution in [0.5, 0.6) is 0 Å². The van der Waals surface area contributed by atoms with E-state index in [0.29, 0.717) is 18.5 Å². The monoisotopic (exact) mass is 240 g/mol. The van der Waals surface area contributed by atoms with Gasteiger partial charge in [-0.2, -0.15) is 0 Å². The van der Waals surface area contributed by atoms with Gasteiger partial charge >= 0.3 is 0 Å². The van der Waals surface area contributed by atoms with Crippen LogP contribution < -0.4 is 0 Å². The van der Waals surface area contributed by atoms with Crippen molar-refractivity contribution in [3.8, 4) is 0 Å². The summed E-state index contributed by atoms with van der Waals surface area (Å²) in [7, 11) is 0. The Labute approximate surface area is 104 Å². The van der Waals surface area contributed by atoms with Crippen LogP contribution in [-0.4, -0.2) is 30.5 Å². The van der Waals surface area contributed by atoms with E-state index in [0.717, 1.165) is 18.8 Å². The van der Waals surface area contributed by atoms with E-state index >= 15 is 0 Å². The lowest BCUT2D eigenvalue weighted by Gasteiger charge is -2.27. The fraction of sp³-hybridized carbons (Fsp3) is 0.714. The van der Waals surface area contributed by atoms with Gasteiger partial charge in [-0.3, -0.25) is 0 Å². The normalized spacial score (nSPS) is 26.2. The number of rotatable bonds is 7. The predicted molar refractivity (Wildman–Crippen MR) is 68.7 cm³/mol. The van der Waals surface area contributed by atoms with Gasteiger partial charge in [-0.25, -0.2) is 0 Å². The van der Waals surface area contributed by atoms with Crippen LogP contribution in [0.15, 0.2) is 25.0 Å². The summed E-state index contributed by atoms with van der Waals surface area (Å²) in [6.45, 7) is 9.97. The number of hydrogen-bond donors (Lipinski definition) is 1. The van der Waals surface area contributed by atoms with Crippen LogP contribution in [0.25, 0.3) is 0 Å². The first kappa shape index (κ1) is 14.3. The van der Waals surface area contributed by atoms with Crippen molar-refractivity contribution in [1.82, 2.24) is 0 Å². The number of aliphatic hydroxyl groups excluding tert-OH is 1. The quantitative estimate of drug-likeness (QED) is 0.549. The zero-order valence-electron chi connectivity index (χ0n) is 10.7. The van der Waals surface area contributed by atoms with E-state index in [1.54, 1.807) is 0 Å². The SMILES string of the molecule is C=CC(=C)OCC(O)COC1CCC(C)CC1. The number of aliphatic hydroxyl groups is 1. The van der Waals surface area contributed by atoms with Crippen molar-refractivity contribution in [3.63, 3.8) is 0 Å². The summed E-state index contributed by atoms with van der Waals surface area (Å²) in [5, 5.41) is 9.65. The molecule has 1 fully saturated rings. The molecule has 0 radical (unpaired) electrons. The van der Waals surface area contributed by atoms with Crippen LogP contribution in [0.1, 0.15) is 32.6 Å². The van der Waals surface area contributed by atoms with Gasteiger partial charge in [-0.1, -0.05) is 20.1 Å². The summed E-state index contributed by atoms with van der Waals surface area (Å²) in [6.07, 6.45) is 5.91. The average molecular weight is 240 g/mol. The molecule has 0 heterocycles.